The first-order chi connectivity index (χ1) is 42.6. The van der Waals surface area contributed by atoms with Gasteiger partial charge in [0.25, 0.3) is 0 Å². The summed E-state index contributed by atoms with van der Waals surface area (Å²) in [5.41, 5.74) is 17.9. The topological polar surface area (TPSA) is 13.0 Å². The van der Waals surface area contributed by atoms with Crippen LogP contribution in [0, 0.1) is 0 Å². The van der Waals surface area contributed by atoms with Crippen molar-refractivity contribution in [3.05, 3.63) is 352 Å². The van der Waals surface area contributed by atoms with E-state index in [-0.39, 0.29) is 0 Å². The van der Waals surface area contributed by atoms with Crippen LogP contribution in [0.2, 0.25) is 0 Å². The van der Waals surface area contributed by atoms with Crippen LogP contribution < -0.4 is 19.6 Å². The molecule has 0 saturated carbocycles. The number of benzene rings is 15. The molecule has 0 aliphatic carbocycles. The van der Waals surface area contributed by atoms with Gasteiger partial charge >= 0.3 is 0 Å². The molecule has 15 aromatic carbocycles. The van der Waals surface area contributed by atoms with E-state index in [4.69, 9.17) is 0 Å². The van der Waals surface area contributed by atoms with E-state index in [1.54, 1.807) is 0 Å². The number of rotatable bonds is 14. The summed E-state index contributed by atoms with van der Waals surface area (Å²) in [7, 11) is 0. The fourth-order valence-corrected chi connectivity index (χ4v) is 12.4. The maximum absolute atomic E-state index is 2.35. The maximum Gasteiger partial charge on any atom is 0.0540 e. The van der Waals surface area contributed by atoms with Gasteiger partial charge in [0.15, 0.2) is 0 Å². The van der Waals surface area contributed by atoms with Gasteiger partial charge < -0.3 is 19.6 Å². The molecule has 0 amide bonds. The average molecular weight is 1100 g/mol. The van der Waals surface area contributed by atoms with Crippen LogP contribution in [-0.4, -0.2) is 0 Å². The molecule has 0 heterocycles. The van der Waals surface area contributed by atoms with E-state index < -0.39 is 0 Å². The highest BCUT2D eigenvalue weighted by Gasteiger charge is 2.20. The second-order valence-corrected chi connectivity index (χ2v) is 21.7. The van der Waals surface area contributed by atoms with Crippen molar-refractivity contribution in [3.8, 4) is 22.3 Å². The average Bonchev–Trinajstić information content (AvgIpc) is 3.51. The molecule has 15 rings (SSSR count). The van der Waals surface area contributed by atoms with E-state index in [1.165, 1.54) is 43.1 Å². The molecule has 0 atom stereocenters. The Bertz CT molecular complexity index is 4520. The van der Waals surface area contributed by atoms with Crippen molar-refractivity contribution in [2.75, 3.05) is 19.6 Å². The Kier molecular flexibility index (Phi) is 13.6. The van der Waals surface area contributed by atoms with Gasteiger partial charge in [-0.3, -0.25) is 0 Å². The predicted octanol–water partition coefficient (Wildman–Crippen LogP) is 23.5. The third-order valence-corrected chi connectivity index (χ3v) is 16.6. The van der Waals surface area contributed by atoms with Crippen molar-refractivity contribution in [2.24, 2.45) is 0 Å². The summed E-state index contributed by atoms with van der Waals surface area (Å²) >= 11 is 0. The SMILES string of the molecule is c1ccc(N(c2ccc(-c3ccc(N(c4ccccc4)c4cccc5ccccc45)cc3)cc2)c2ccc3c(ccc4cc(N(c5ccccc5)c5ccc(-c6ccc(N(c7ccccc7)c7cccc8ccccc78)cc6)cc5)ccc43)c2)cc1. The number of hydrogen-bond acceptors (Lipinski definition) is 4. The third-order valence-electron chi connectivity index (χ3n) is 16.6. The second kappa shape index (κ2) is 22.7. The smallest absolute Gasteiger partial charge is 0.0540 e. The number of para-hydroxylation sites is 4. The highest BCUT2D eigenvalue weighted by Crippen LogP contribution is 2.44. The molecule has 0 aliphatic rings. The summed E-state index contributed by atoms with van der Waals surface area (Å²) in [4.78, 5) is 9.41. The standard InChI is InChI=1S/C82H58N4/c1-5-23-67(24-6-1)83(71-45-37-59(38-46-71)61-41-49-73(50-42-61)85(69-27-9-3-10-28-69)81-33-17-21-63-19-13-15-31-79(63)81)75-53-55-77-65(57-75)35-36-66-58-76(54-56-78(66)77)84(68-25-7-2-8-26-68)72-47-39-60(40-48-72)62-43-51-74(52-44-62)86(70-29-11-4-12-30-70)82-34-18-22-64-20-14-16-32-80(64)82/h1-58H. The lowest BCUT2D eigenvalue weighted by Crippen LogP contribution is -2.10. The van der Waals surface area contributed by atoms with Crippen molar-refractivity contribution in [3.63, 3.8) is 0 Å². The minimum absolute atomic E-state index is 1.09. The third kappa shape index (κ3) is 9.91. The van der Waals surface area contributed by atoms with E-state index in [9.17, 15) is 0 Å². The van der Waals surface area contributed by atoms with Crippen LogP contribution in [0.25, 0.3) is 65.3 Å². The molecule has 406 valence electrons. The largest absolute Gasteiger partial charge is 0.310 e. The zero-order chi connectivity index (χ0) is 57.2. The van der Waals surface area contributed by atoms with Crippen molar-refractivity contribution in [1.29, 1.82) is 0 Å². The molecule has 0 aliphatic heterocycles. The monoisotopic (exact) mass is 1100 g/mol. The Labute approximate surface area is 502 Å². The first-order valence-electron chi connectivity index (χ1n) is 29.4. The molecule has 15 aromatic rings. The quantitative estimate of drug-likeness (QED) is 0.101. The fourth-order valence-electron chi connectivity index (χ4n) is 12.4. The molecule has 0 aromatic heterocycles. The molecule has 0 bridgehead atoms. The van der Waals surface area contributed by atoms with Gasteiger partial charge in [0.05, 0.1) is 11.4 Å². The minimum atomic E-state index is 1.09. The number of hydrogen-bond donors (Lipinski definition) is 0. The predicted molar refractivity (Wildman–Crippen MR) is 366 cm³/mol. The zero-order valence-electron chi connectivity index (χ0n) is 47.3. The molecule has 0 N–H and O–H groups in total. The van der Waals surface area contributed by atoms with Gasteiger partial charge in [0.2, 0.25) is 0 Å². The molecule has 0 fully saturated rings. The summed E-state index contributed by atoms with van der Waals surface area (Å²) in [5, 5.41) is 9.63. The van der Waals surface area contributed by atoms with Gasteiger partial charge in [-0.25, -0.2) is 0 Å². The lowest BCUT2D eigenvalue weighted by molar-refractivity contribution is 1.29. The number of anilines is 12. The van der Waals surface area contributed by atoms with Crippen molar-refractivity contribution < 1.29 is 0 Å². The van der Waals surface area contributed by atoms with Gasteiger partial charge in [-0.1, -0.05) is 218 Å². The first kappa shape index (κ1) is 51.4. The lowest BCUT2D eigenvalue weighted by Gasteiger charge is -2.27. The minimum Gasteiger partial charge on any atom is -0.310 e. The molecular formula is C82H58N4. The highest BCUT2D eigenvalue weighted by atomic mass is 15.2. The Balaban J connectivity index is 0.707. The molecule has 4 nitrogen and oxygen atoms in total. The van der Waals surface area contributed by atoms with Gasteiger partial charge in [0, 0.05) is 67.6 Å². The van der Waals surface area contributed by atoms with E-state index in [2.05, 4.69) is 371 Å². The molecular weight excluding hydrogens is 1040 g/mol. The fraction of sp³-hybridized carbons (Fsp3) is 0. The summed E-state index contributed by atoms with van der Waals surface area (Å²) < 4.78 is 0. The highest BCUT2D eigenvalue weighted by molar-refractivity contribution is 6.10. The van der Waals surface area contributed by atoms with Crippen LogP contribution in [0.3, 0.4) is 0 Å². The van der Waals surface area contributed by atoms with E-state index >= 15 is 0 Å². The Morgan fingerprint density at radius 3 is 0.733 bits per heavy atom. The number of nitrogens with zero attached hydrogens (tertiary/aromatic N) is 4. The summed E-state index contributed by atoms with van der Waals surface area (Å²) in [6, 6.07) is 127. The van der Waals surface area contributed by atoms with Crippen LogP contribution in [0.1, 0.15) is 0 Å². The molecule has 4 heteroatoms. The summed E-state index contributed by atoms with van der Waals surface area (Å²) in [6.45, 7) is 0. The van der Waals surface area contributed by atoms with Crippen LogP contribution in [0.15, 0.2) is 352 Å². The van der Waals surface area contributed by atoms with Gasteiger partial charge in [-0.15, -0.1) is 0 Å². The van der Waals surface area contributed by atoms with Crippen molar-refractivity contribution in [1.82, 2.24) is 0 Å². The van der Waals surface area contributed by atoms with Gasteiger partial charge in [-0.2, -0.15) is 0 Å². The maximum atomic E-state index is 2.35. The summed E-state index contributed by atoms with van der Waals surface area (Å²) in [6.07, 6.45) is 0. The van der Waals surface area contributed by atoms with E-state index in [0.717, 1.165) is 90.5 Å². The Morgan fingerprint density at radius 1 is 0.140 bits per heavy atom. The molecule has 0 radical (unpaired) electrons. The Hall–Kier alpha value is -11.5. The van der Waals surface area contributed by atoms with E-state index in [1.807, 2.05) is 0 Å². The van der Waals surface area contributed by atoms with Crippen LogP contribution in [0.4, 0.5) is 68.2 Å². The normalized spacial score (nSPS) is 11.3. The van der Waals surface area contributed by atoms with Crippen LogP contribution >= 0.6 is 0 Å². The molecule has 86 heavy (non-hydrogen) atoms. The van der Waals surface area contributed by atoms with Gasteiger partial charge in [0.1, 0.15) is 0 Å². The molecule has 0 unspecified atom stereocenters. The number of fused-ring (bicyclic) bond motifs is 5. The Morgan fingerprint density at radius 2 is 0.395 bits per heavy atom. The molecule has 0 saturated heterocycles. The van der Waals surface area contributed by atoms with Crippen LogP contribution in [-0.2, 0) is 0 Å². The van der Waals surface area contributed by atoms with E-state index in [0.29, 0.717) is 0 Å². The van der Waals surface area contributed by atoms with Crippen molar-refractivity contribution in [2.45, 2.75) is 0 Å². The zero-order valence-corrected chi connectivity index (χ0v) is 47.3. The van der Waals surface area contributed by atoms with Crippen LogP contribution in [0.5, 0.6) is 0 Å². The molecule has 0 spiro atoms. The van der Waals surface area contributed by atoms with Gasteiger partial charge in [-0.05, 0) is 188 Å². The lowest BCUT2D eigenvalue weighted by atomic mass is 9.99. The van der Waals surface area contributed by atoms with Crippen molar-refractivity contribution >= 4 is 111 Å². The second-order valence-electron chi connectivity index (χ2n) is 21.7. The first-order valence-corrected chi connectivity index (χ1v) is 29.4. The summed E-state index contributed by atoms with van der Waals surface area (Å²) in [5.74, 6) is 0.